The van der Waals surface area contributed by atoms with Gasteiger partial charge >= 0.3 is 5.97 Å². The van der Waals surface area contributed by atoms with Gasteiger partial charge in [0.1, 0.15) is 17.4 Å². The molecule has 0 aliphatic rings. The van der Waals surface area contributed by atoms with Crippen molar-refractivity contribution in [2.75, 3.05) is 13.2 Å². The Morgan fingerprint density at radius 2 is 1.73 bits per heavy atom. The predicted molar refractivity (Wildman–Crippen MR) is 91.1 cm³/mol. The minimum absolute atomic E-state index is 0.167. The highest BCUT2D eigenvalue weighted by atomic mass is 19.1. The number of hydrogen-bond acceptors (Lipinski definition) is 3. The zero-order valence-electron chi connectivity index (χ0n) is 14.2. The van der Waals surface area contributed by atoms with Gasteiger partial charge in [0.05, 0.1) is 12.5 Å². The summed E-state index contributed by atoms with van der Waals surface area (Å²) < 4.78 is 31.7. The van der Waals surface area contributed by atoms with Gasteiger partial charge in [0.2, 0.25) is 0 Å². The van der Waals surface area contributed by atoms with Crippen LogP contribution in [0.5, 0.6) is 5.75 Å². The van der Waals surface area contributed by atoms with Gasteiger partial charge in [0.25, 0.3) is 5.91 Å². The van der Waals surface area contributed by atoms with Crippen LogP contribution in [0.1, 0.15) is 22.8 Å². The van der Waals surface area contributed by atoms with Crippen molar-refractivity contribution in [3.05, 3.63) is 65.2 Å². The van der Waals surface area contributed by atoms with E-state index in [9.17, 15) is 23.5 Å². The van der Waals surface area contributed by atoms with Crippen molar-refractivity contribution < 1.29 is 28.2 Å². The van der Waals surface area contributed by atoms with Crippen molar-refractivity contribution in [3.8, 4) is 5.75 Å². The fraction of sp³-hybridized carbons (Fsp3) is 0.263. The van der Waals surface area contributed by atoms with Crippen LogP contribution in [0.15, 0.2) is 42.5 Å². The Labute approximate surface area is 149 Å². The Morgan fingerprint density at radius 1 is 1.12 bits per heavy atom. The molecule has 0 aliphatic carbocycles. The maximum Gasteiger partial charge on any atom is 0.308 e. The van der Waals surface area contributed by atoms with E-state index in [0.29, 0.717) is 18.4 Å². The molecule has 1 amide bonds. The lowest BCUT2D eigenvalue weighted by Gasteiger charge is -2.14. The van der Waals surface area contributed by atoms with E-state index in [1.807, 2.05) is 6.92 Å². The second kappa shape index (κ2) is 8.94. The van der Waals surface area contributed by atoms with E-state index in [-0.39, 0.29) is 18.5 Å². The first kappa shape index (κ1) is 19.4. The van der Waals surface area contributed by atoms with Crippen molar-refractivity contribution in [1.29, 1.82) is 0 Å². The quantitative estimate of drug-likeness (QED) is 0.756. The fourth-order valence-electron chi connectivity index (χ4n) is 2.42. The number of hydrogen-bond donors (Lipinski definition) is 2. The van der Waals surface area contributed by atoms with Gasteiger partial charge in [0.15, 0.2) is 0 Å². The maximum atomic E-state index is 13.2. The SMILES string of the molecule is CCOc1ccc(CC(CNC(=O)c2cc(F)cc(F)c2)C(=O)O)cc1. The van der Waals surface area contributed by atoms with E-state index in [1.165, 1.54) is 0 Å². The molecule has 0 aromatic heterocycles. The highest BCUT2D eigenvalue weighted by Gasteiger charge is 2.20. The van der Waals surface area contributed by atoms with E-state index >= 15 is 0 Å². The molecule has 2 aromatic rings. The molecule has 0 spiro atoms. The molecule has 2 aromatic carbocycles. The van der Waals surface area contributed by atoms with Crippen LogP contribution in [-0.2, 0) is 11.2 Å². The first-order chi connectivity index (χ1) is 12.4. The van der Waals surface area contributed by atoms with Gasteiger partial charge in [0, 0.05) is 18.2 Å². The Bertz CT molecular complexity index is 757. The van der Waals surface area contributed by atoms with Gasteiger partial charge in [-0.2, -0.15) is 0 Å². The molecule has 0 saturated carbocycles. The number of aliphatic carboxylic acids is 1. The number of carbonyl (C=O) groups is 2. The summed E-state index contributed by atoms with van der Waals surface area (Å²) in [5.41, 5.74) is 0.569. The predicted octanol–water partition coefficient (Wildman–Crippen LogP) is 3.04. The van der Waals surface area contributed by atoms with Crippen molar-refractivity contribution in [3.63, 3.8) is 0 Å². The van der Waals surface area contributed by atoms with Gasteiger partial charge in [-0.1, -0.05) is 12.1 Å². The lowest BCUT2D eigenvalue weighted by Crippen LogP contribution is -2.34. The number of amides is 1. The molecular formula is C19H19F2NO4. The van der Waals surface area contributed by atoms with Gasteiger partial charge < -0.3 is 15.2 Å². The van der Waals surface area contributed by atoms with Gasteiger partial charge in [-0.05, 0) is 43.2 Å². The first-order valence-corrected chi connectivity index (χ1v) is 8.08. The van der Waals surface area contributed by atoms with Crippen molar-refractivity contribution >= 4 is 11.9 Å². The van der Waals surface area contributed by atoms with Crippen LogP contribution in [0.25, 0.3) is 0 Å². The lowest BCUT2D eigenvalue weighted by atomic mass is 9.99. The van der Waals surface area contributed by atoms with E-state index in [2.05, 4.69) is 5.32 Å². The molecule has 0 bridgehead atoms. The lowest BCUT2D eigenvalue weighted by molar-refractivity contribution is -0.141. The Morgan fingerprint density at radius 3 is 2.27 bits per heavy atom. The zero-order valence-corrected chi connectivity index (χ0v) is 14.2. The standard InChI is InChI=1S/C19H19F2NO4/c1-2-26-17-5-3-12(4-6-17)7-14(19(24)25)11-22-18(23)13-8-15(20)10-16(21)9-13/h3-6,8-10,14H,2,7,11H2,1H3,(H,22,23)(H,24,25). The highest BCUT2D eigenvalue weighted by Crippen LogP contribution is 2.15. The number of carboxylic acids is 1. The molecule has 0 aliphatic heterocycles. The van der Waals surface area contributed by atoms with Crippen LogP contribution in [0.3, 0.4) is 0 Å². The zero-order chi connectivity index (χ0) is 19.1. The average Bonchev–Trinajstić information content (AvgIpc) is 2.59. The van der Waals surface area contributed by atoms with Crippen LogP contribution < -0.4 is 10.1 Å². The second-order valence-corrected chi connectivity index (χ2v) is 5.68. The Kier molecular flexibility index (Phi) is 6.66. The van der Waals surface area contributed by atoms with Crippen molar-refractivity contribution in [2.24, 2.45) is 5.92 Å². The number of halogens is 2. The van der Waals surface area contributed by atoms with E-state index < -0.39 is 29.4 Å². The molecule has 0 heterocycles. The molecule has 7 heteroatoms. The van der Waals surface area contributed by atoms with Gasteiger partial charge in [-0.15, -0.1) is 0 Å². The van der Waals surface area contributed by atoms with E-state index in [4.69, 9.17) is 4.74 Å². The van der Waals surface area contributed by atoms with Crippen LogP contribution >= 0.6 is 0 Å². The normalized spacial score (nSPS) is 11.7. The number of carboxylic acid groups (broad SMARTS) is 1. The summed E-state index contributed by atoms with van der Waals surface area (Å²) in [5, 5.41) is 11.8. The summed E-state index contributed by atoms with van der Waals surface area (Å²) in [7, 11) is 0. The molecule has 2 N–H and O–H groups in total. The number of benzene rings is 2. The molecular weight excluding hydrogens is 344 g/mol. The third-order valence-corrected chi connectivity index (χ3v) is 3.70. The third kappa shape index (κ3) is 5.54. The first-order valence-electron chi connectivity index (χ1n) is 8.08. The average molecular weight is 363 g/mol. The van der Waals surface area contributed by atoms with Crippen LogP contribution in [-0.4, -0.2) is 30.1 Å². The summed E-state index contributed by atoms with van der Waals surface area (Å²) in [5.74, 6) is -3.76. The summed E-state index contributed by atoms with van der Waals surface area (Å²) in [6, 6.07) is 9.43. The number of rotatable bonds is 8. The molecule has 26 heavy (non-hydrogen) atoms. The number of carbonyl (C=O) groups excluding carboxylic acids is 1. The molecule has 2 rings (SSSR count). The van der Waals surface area contributed by atoms with E-state index in [0.717, 1.165) is 17.7 Å². The highest BCUT2D eigenvalue weighted by molar-refractivity contribution is 5.94. The third-order valence-electron chi connectivity index (χ3n) is 3.70. The molecule has 138 valence electrons. The van der Waals surface area contributed by atoms with Gasteiger partial charge in [-0.3, -0.25) is 9.59 Å². The Hall–Kier alpha value is -2.96. The maximum absolute atomic E-state index is 13.2. The molecule has 0 fully saturated rings. The number of nitrogens with one attached hydrogen (secondary N) is 1. The smallest absolute Gasteiger partial charge is 0.308 e. The minimum Gasteiger partial charge on any atom is -0.494 e. The second-order valence-electron chi connectivity index (χ2n) is 5.68. The summed E-state index contributed by atoms with van der Waals surface area (Å²) >= 11 is 0. The summed E-state index contributed by atoms with van der Waals surface area (Å²) in [4.78, 5) is 23.4. The monoisotopic (exact) mass is 363 g/mol. The largest absolute Gasteiger partial charge is 0.494 e. The molecule has 1 atom stereocenters. The van der Waals surface area contributed by atoms with Crippen molar-refractivity contribution in [2.45, 2.75) is 13.3 Å². The van der Waals surface area contributed by atoms with Crippen LogP contribution in [0, 0.1) is 17.6 Å². The molecule has 0 saturated heterocycles. The minimum atomic E-state index is -1.08. The van der Waals surface area contributed by atoms with Crippen LogP contribution in [0.4, 0.5) is 8.78 Å². The van der Waals surface area contributed by atoms with Gasteiger partial charge in [-0.25, -0.2) is 8.78 Å². The number of ether oxygens (including phenoxy) is 1. The summed E-state index contributed by atoms with van der Waals surface area (Å²) in [6.45, 7) is 2.23. The topological polar surface area (TPSA) is 75.6 Å². The van der Waals surface area contributed by atoms with Crippen LogP contribution in [0.2, 0.25) is 0 Å². The summed E-state index contributed by atoms with van der Waals surface area (Å²) in [6.07, 6.45) is 0.194. The molecule has 1 unspecified atom stereocenters. The van der Waals surface area contributed by atoms with Crippen molar-refractivity contribution in [1.82, 2.24) is 5.32 Å². The Balaban J connectivity index is 1.99. The molecule has 0 radical (unpaired) electrons. The molecule has 5 nitrogen and oxygen atoms in total. The fourth-order valence-corrected chi connectivity index (χ4v) is 2.42. The van der Waals surface area contributed by atoms with E-state index in [1.54, 1.807) is 24.3 Å².